The molecule has 0 unspecified atom stereocenters. The van der Waals surface area contributed by atoms with Gasteiger partial charge >= 0.3 is 0 Å². The lowest BCUT2D eigenvalue weighted by atomic mass is 9.89. The first-order chi connectivity index (χ1) is 9.18. The van der Waals surface area contributed by atoms with Gasteiger partial charge in [-0.1, -0.05) is 11.6 Å². The van der Waals surface area contributed by atoms with Crippen molar-refractivity contribution in [3.8, 4) is 0 Å². The van der Waals surface area contributed by atoms with Gasteiger partial charge in [0, 0.05) is 18.2 Å². The molecule has 3 aliphatic rings. The Hall–Kier alpha value is -1.55. The van der Waals surface area contributed by atoms with Crippen LogP contribution in [0.4, 0.5) is 5.69 Å². The Morgan fingerprint density at radius 3 is 3.05 bits per heavy atom. The molecule has 100 valence electrons. The quantitative estimate of drug-likeness (QED) is 0.660. The van der Waals surface area contributed by atoms with Crippen LogP contribution in [0.3, 0.4) is 0 Å². The average Bonchev–Trinajstić information content (AvgIpc) is 2.96. The lowest BCUT2D eigenvalue weighted by Crippen LogP contribution is -2.60. The monoisotopic (exact) mass is 257 g/mol. The number of carbonyl (C=O) groups is 1. The molecule has 0 radical (unpaired) electrons. The lowest BCUT2D eigenvalue weighted by Gasteiger charge is -2.41. The molecule has 1 aromatic rings. The van der Waals surface area contributed by atoms with Gasteiger partial charge in [-0.15, -0.1) is 0 Å². The normalized spacial score (nSPS) is 35.7. The molecule has 19 heavy (non-hydrogen) atoms. The Morgan fingerprint density at radius 2 is 2.16 bits per heavy atom. The molecule has 1 saturated heterocycles. The SMILES string of the molecule is Cc1ccc2c(c1)C(=O)N[C@@]1(CC[C@H]3CNC[C@H]31)N2. The van der Waals surface area contributed by atoms with E-state index in [1.165, 1.54) is 6.42 Å². The first-order valence-electron chi connectivity index (χ1n) is 7.10. The third kappa shape index (κ3) is 1.53. The highest BCUT2D eigenvalue weighted by molar-refractivity contribution is 6.02. The number of anilines is 1. The first kappa shape index (κ1) is 11.3. The van der Waals surface area contributed by atoms with Crippen molar-refractivity contribution < 1.29 is 4.79 Å². The van der Waals surface area contributed by atoms with Crippen LogP contribution in [-0.4, -0.2) is 24.7 Å². The van der Waals surface area contributed by atoms with Crippen molar-refractivity contribution in [1.29, 1.82) is 0 Å². The molecule has 3 N–H and O–H groups in total. The van der Waals surface area contributed by atoms with Gasteiger partial charge < -0.3 is 16.0 Å². The predicted molar refractivity (Wildman–Crippen MR) is 74.1 cm³/mol. The number of nitrogens with one attached hydrogen (secondary N) is 3. The third-order valence-corrected chi connectivity index (χ3v) is 5.00. The van der Waals surface area contributed by atoms with Crippen LogP contribution in [0.25, 0.3) is 0 Å². The minimum absolute atomic E-state index is 0.0741. The minimum atomic E-state index is -0.229. The molecule has 0 bridgehead atoms. The van der Waals surface area contributed by atoms with Gasteiger partial charge in [-0.3, -0.25) is 4.79 Å². The van der Waals surface area contributed by atoms with Crippen molar-refractivity contribution in [2.45, 2.75) is 25.4 Å². The summed E-state index contributed by atoms with van der Waals surface area (Å²) in [5.41, 5.74) is 2.66. The smallest absolute Gasteiger partial charge is 0.255 e. The molecule has 2 heterocycles. The van der Waals surface area contributed by atoms with Crippen LogP contribution < -0.4 is 16.0 Å². The highest BCUT2D eigenvalue weighted by Gasteiger charge is 2.53. The van der Waals surface area contributed by atoms with E-state index in [-0.39, 0.29) is 11.6 Å². The summed E-state index contributed by atoms with van der Waals surface area (Å²) in [7, 11) is 0. The number of hydrogen-bond acceptors (Lipinski definition) is 3. The summed E-state index contributed by atoms with van der Waals surface area (Å²) < 4.78 is 0. The van der Waals surface area contributed by atoms with Crippen molar-refractivity contribution in [2.24, 2.45) is 11.8 Å². The Morgan fingerprint density at radius 1 is 1.26 bits per heavy atom. The molecule has 4 rings (SSSR count). The Bertz CT molecular complexity index is 556. The number of rotatable bonds is 0. The fourth-order valence-corrected chi connectivity index (χ4v) is 4.02. The van der Waals surface area contributed by atoms with Gasteiger partial charge in [-0.2, -0.15) is 0 Å². The Balaban J connectivity index is 1.75. The van der Waals surface area contributed by atoms with Gasteiger partial charge in [0.2, 0.25) is 0 Å². The molecule has 3 atom stereocenters. The van der Waals surface area contributed by atoms with E-state index in [2.05, 4.69) is 22.0 Å². The highest BCUT2D eigenvalue weighted by Crippen LogP contribution is 2.44. The van der Waals surface area contributed by atoms with Gasteiger partial charge in [-0.05, 0) is 44.4 Å². The maximum Gasteiger partial charge on any atom is 0.255 e. The van der Waals surface area contributed by atoms with E-state index >= 15 is 0 Å². The molecule has 0 aromatic heterocycles. The molecule has 4 heteroatoms. The first-order valence-corrected chi connectivity index (χ1v) is 7.10. The zero-order valence-corrected chi connectivity index (χ0v) is 11.1. The number of amides is 1. The van der Waals surface area contributed by atoms with E-state index in [1.807, 2.05) is 19.1 Å². The Kier molecular flexibility index (Phi) is 2.22. The van der Waals surface area contributed by atoms with E-state index in [1.54, 1.807) is 0 Å². The number of aryl methyl sites for hydroxylation is 1. The van der Waals surface area contributed by atoms with E-state index < -0.39 is 0 Å². The van der Waals surface area contributed by atoms with Crippen LogP contribution in [0, 0.1) is 18.8 Å². The van der Waals surface area contributed by atoms with E-state index in [0.29, 0.717) is 11.8 Å². The van der Waals surface area contributed by atoms with Crippen LogP contribution in [0.5, 0.6) is 0 Å². The van der Waals surface area contributed by atoms with E-state index in [9.17, 15) is 4.79 Å². The molecule has 4 nitrogen and oxygen atoms in total. The number of hydrogen-bond donors (Lipinski definition) is 3. The molecule has 1 saturated carbocycles. The van der Waals surface area contributed by atoms with Crippen molar-refractivity contribution in [3.05, 3.63) is 29.3 Å². The average molecular weight is 257 g/mol. The standard InChI is InChI=1S/C15H19N3O/c1-9-2-3-13-11(6-9)14(19)18-15(17-13)5-4-10-7-16-8-12(10)15/h2-3,6,10,12,16-17H,4-5,7-8H2,1H3,(H,18,19)/t10-,12+,15+/m0/s1. The zero-order chi connectivity index (χ0) is 13.0. The van der Waals surface area contributed by atoms with Crippen molar-refractivity contribution in [1.82, 2.24) is 10.6 Å². The van der Waals surface area contributed by atoms with Crippen molar-refractivity contribution >= 4 is 11.6 Å². The number of fused-ring (bicyclic) bond motifs is 3. The van der Waals surface area contributed by atoms with Crippen LogP contribution in [-0.2, 0) is 0 Å². The molecule has 2 aliphatic heterocycles. The maximum absolute atomic E-state index is 12.4. The molecule has 2 fully saturated rings. The summed E-state index contributed by atoms with van der Waals surface area (Å²) in [5, 5.41) is 10.3. The second kappa shape index (κ2) is 3.73. The van der Waals surface area contributed by atoms with Gasteiger partial charge in [-0.25, -0.2) is 0 Å². The van der Waals surface area contributed by atoms with Crippen molar-refractivity contribution in [2.75, 3.05) is 18.4 Å². The fraction of sp³-hybridized carbons (Fsp3) is 0.533. The second-order valence-corrected chi connectivity index (χ2v) is 6.16. The van der Waals surface area contributed by atoms with Gasteiger partial charge in [0.05, 0.1) is 5.56 Å². The fourth-order valence-electron chi connectivity index (χ4n) is 4.02. The molecular weight excluding hydrogens is 238 g/mol. The summed E-state index contributed by atoms with van der Waals surface area (Å²) in [6, 6.07) is 6.07. The van der Waals surface area contributed by atoms with Gasteiger partial charge in [0.1, 0.15) is 5.66 Å². The summed E-state index contributed by atoms with van der Waals surface area (Å²) in [4.78, 5) is 12.4. The highest BCUT2D eigenvalue weighted by atomic mass is 16.2. The van der Waals surface area contributed by atoms with E-state index in [4.69, 9.17) is 0 Å². The van der Waals surface area contributed by atoms with Crippen LogP contribution >= 0.6 is 0 Å². The molecule has 1 aliphatic carbocycles. The van der Waals surface area contributed by atoms with Crippen molar-refractivity contribution in [3.63, 3.8) is 0 Å². The minimum Gasteiger partial charge on any atom is -0.362 e. The molecule has 1 aromatic carbocycles. The lowest BCUT2D eigenvalue weighted by molar-refractivity contribution is 0.0877. The predicted octanol–water partition coefficient (Wildman–Crippen LogP) is 1.48. The largest absolute Gasteiger partial charge is 0.362 e. The molecule has 1 spiro atoms. The third-order valence-electron chi connectivity index (χ3n) is 5.00. The second-order valence-electron chi connectivity index (χ2n) is 6.16. The number of carbonyl (C=O) groups excluding carboxylic acids is 1. The summed E-state index contributed by atoms with van der Waals surface area (Å²) in [5.74, 6) is 1.27. The number of benzene rings is 1. The van der Waals surface area contributed by atoms with E-state index in [0.717, 1.165) is 36.3 Å². The van der Waals surface area contributed by atoms with Crippen LogP contribution in [0.15, 0.2) is 18.2 Å². The summed E-state index contributed by atoms with van der Waals surface area (Å²) in [6.45, 7) is 4.11. The maximum atomic E-state index is 12.4. The molecular formula is C15H19N3O. The van der Waals surface area contributed by atoms with Gasteiger partial charge in [0.25, 0.3) is 5.91 Å². The van der Waals surface area contributed by atoms with Crippen LogP contribution in [0.2, 0.25) is 0 Å². The molecule has 1 amide bonds. The zero-order valence-electron chi connectivity index (χ0n) is 11.1. The topological polar surface area (TPSA) is 53.2 Å². The van der Waals surface area contributed by atoms with Gasteiger partial charge in [0.15, 0.2) is 0 Å². The summed E-state index contributed by atoms with van der Waals surface area (Å²) >= 11 is 0. The Labute approximate surface area is 113 Å². The van der Waals surface area contributed by atoms with Crippen LogP contribution in [0.1, 0.15) is 28.8 Å². The summed E-state index contributed by atoms with van der Waals surface area (Å²) in [6.07, 6.45) is 2.22.